The molecule has 0 aliphatic rings. The van der Waals surface area contributed by atoms with Gasteiger partial charge in [0.15, 0.2) is 0 Å². The number of non-ortho nitro benzene ring substituents is 1. The monoisotopic (exact) mass is 276 g/mol. The summed E-state index contributed by atoms with van der Waals surface area (Å²) < 4.78 is 12.7. The summed E-state index contributed by atoms with van der Waals surface area (Å²) in [5.41, 5.74) is 1.24. The van der Waals surface area contributed by atoms with Crippen LogP contribution in [0.15, 0.2) is 48.5 Å². The van der Waals surface area contributed by atoms with Gasteiger partial charge in [-0.2, -0.15) is 0 Å². The van der Waals surface area contributed by atoms with Crippen molar-refractivity contribution in [1.29, 1.82) is 0 Å². The third-order valence-electron chi connectivity index (χ3n) is 2.83. The molecule has 1 atom stereocenters. The second kappa shape index (κ2) is 6.12. The largest absolute Gasteiger partial charge is 0.387 e. The van der Waals surface area contributed by atoms with Crippen LogP contribution in [0.5, 0.6) is 0 Å². The summed E-state index contributed by atoms with van der Waals surface area (Å²) in [5, 5.41) is 23.4. The Hall–Kier alpha value is -2.47. The number of hydrogen-bond donors (Lipinski definition) is 2. The maximum Gasteiger partial charge on any atom is 0.269 e. The van der Waals surface area contributed by atoms with Gasteiger partial charge in [0.2, 0.25) is 0 Å². The molecular weight excluding hydrogens is 263 g/mol. The van der Waals surface area contributed by atoms with Gasteiger partial charge in [0.1, 0.15) is 5.82 Å². The molecule has 2 aromatic carbocycles. The molecule has 0 saturated heterocycles. The quantitative estimate of drug-likeness (QED) is 0.650. The second-order valence-electron chi connectivity index (χ2n) is 4.25. The number of halogens is 1. The third kappa shape index (κ3) is 3.52. The molecule has 2 aromatic rings. The lowest BCUT2D eigenvalue weighted by Gasteiger charge is -2.13. The molecule has 0 fully saturated rings. The van der Waals surface area contributed by atoms with Crippen LogP contribution in [0.1, 0.15) is 11.7 Å². The Kier molecular flexibility index (Phi) is 4.27. The highest BCUT2D eigenvalue weighted by Crippen LogP contribution is 2.18. The Balaban J connectivity index is 1.95. The van der Waals surface area contributed by atoms with Gasteiger partial charge in [0.25, 0.3) is 5.69 Å². The maximum atomic E-state index is 12.7. The van der Waals surface area contributed by atoms with Crippen LogP contribution in [0, 0.1) is 15.9 Å². The van der Waals surface area contributed by atoms with Gasteiger partial charge in [0.05, 0.1) is 11.0 Å². The first kappa shape index (κ1) is 14.0. The molecule has 2 N–H and O–H groups in total. The van der Waals surface area contributed by atoms with Gasteiger partial charge in [-0.1, -0.05) is 0 Å². The smallest absolute Gasteiger partial charge is 0.269 e. The van der Waals surface area contributed by atoms with Gasteiger partial charge < -0.3 is 10.4 Å². The molecule has 1 unspecified atom stereocenters. The van der Waals surface area contributed by atoms with Crippen molar-refractivity contribution in [2.75, 3.05) is 11.9 Å². The van der Waals surface area contributed by atoms with Gasteiger partial charge in [-0.25, -0.2) is 4.39 Å². The molecule has 20 heavy (non-hydrogen) atoms. The fraction of sp³-hybridized carbons (Fsp3) is 0.143. The number of nitro groups is 1. The molecule has 2 rings (SSSR count). The van der Waals surface area contributed by atoms with Crippen molar-refractivity contribution in [1.82, 2.24) is 0 Å². The zero-order valence-electron chi connectivity index (χ0n) is 10.5. The molecule has 104 valence electrons. The molecular formula is C14H13FN2O3. The number of aliphatic hydroxyl groups excluding tert-OH is 1. The first-order valence-corrected chi connectivity index (χ1v) is 5.98. The zero-order chi connectivity index (χ0) is 14.5. The van der Waals surface area contributed by atoms with Gasteiger partial charge in [-0.15, -0.1) is 0 Å². The Morgan fingerprint density at radius 2 is 1.75 bits per heavy atom. The molecule has 0 radical (unpaired) electrons. The normalized spacial score (nSPS) is 11.9. The minimum absolute atomic E-state index is 0.0209. The van der Waals surface area contributed by atoms with E-state index in [-0.39, 0.29) is 18.0 Å². The van der Waals surface area contributed by atoms with Crippen molar-refractivity contribution in [3.05, 3.63) is 70.0 Å². The van der Waals surface area contributed by atoms with Gasteiger partial charge in [-0.3, -0.25) is 10.1 Å². The lowest BCUT2D eigenvalue weighted by atomic mass is 10.1. The lowest BCUT2D eigenvalue weighted by Crippen LogP contribution is -2.12. The lowest BCUT2D eigenvalue weighted by molar-refractivity contribution is -0.384. The summed E-state index contributed by atoms with van der Waals surface area (Å²) in [7, 11) is 0. The number of aliphatic hydroxyl groups is 1. The molecule has 0 bridgehead atoms. The Bertz CT molecular complexity index is 584. The maximum absolute atomic E-state index is 12.7. The van der Waals surface area contributed by atoms with E-state index < -0.39 is 11.0 Å². The van der Waals surface area contributed by atoms with E-state index in [0.717, 1.165) is 0 Å². The number of benzene rings is 2. The van der Waals surface area contributed by atoms with E-state index in [1.807, 2.05) is 0 Å². The first-order valence-electron chi connectivity index (χ1n) is 5.98. The summed E-state index contributed by atoms with van der Waals surface area (Å²) in [4.78, 5) is 10.0. The SMILES string of the molecule is O=[N+]([O-])c1ccc(C(O)CNc2ccc(F)cc2)cc1. The molecule has 0 amide bonds. The molecule has 0 aromatic heterocycles. The van der Waals surface area contributed by atoms with Gasteiger partial charge >= 0.3 is 0 Å². The Morgan fingerprint density at radius 3 is 2.30 bits per heavy atom. The van der Waals surface area contributed by atoms with Gasteiger partial charge in [-0.05, 0) is 42.0 Å². The fourth-order valence-electron chi connectivity index (χ4n) is 1.72. The van der Waals surface area contributed by atoms with Crippen molar-refractivity contribution in [2.45, 2.75) is 6.10 Å². The topological polar surface area (TPSA) is 75.4 Å². The van der Waals surface area contributed by atoms with Crippen molar-refractivity contribution in [2.24, 2.45) is 0 Å². The van der Waals surface area contributed by atoms with Crippen molar-refractivity contribution < 1.29 is 14.4 Å². The van der Waals surface area contributed by atoms with Crippen LogP contribution in [-0.4, -0.2) is 16.6 Å². The van der Waals surface area contributed by atoms with E-state index in [2.05, 4.69) is 5.32 Å². The predicted octanol–water partition coefficient (Wildman–Crippen LogP) is 2.88. The van der Waals surface area contributed by atoms with E-state index in [0.29, 0.717) is 11.3 Å². The summed E-state index contributed by atoms with van der Waals surface area (Å²) in [6.07, 6.45) is -0.805. The highest BCUT2D eigenvalue weighted by molar-refractivity contribution is 5.43. The van der Waals surface area contributed by atoms with E-state index in [1.54, 1.807) is 12.1 Å². The third-order valence-corrected chi connectivity index (χ3v) is 2.83. The van der Waals surface area contributed by atoms with Crippen molar-refractivity contribution in [3.63, 3.8) is 0 Å². The molecule has 0 aliphatic carbocycles. The average molecular weight is 276 g/mol. The summed E-state index contributed by atoms with van der Waals surface area (Å²) in [6.45, 7) is 0.226. The fourth-order valence-corrected chi connectivity index (χ4v) is 1.72. The van der Waals surface area contributed by atoms with Crippen LogP contribution in [0.4, 0.5) is 15.8 Å². The number of nitro benzene ring substituents is 1. The highest BCUT2D eigenvalue weighted by atomic mass is 19.1. The average Bonchev–Trinajstić information content (AvgIpc) is 2.46. The van der Waals surface area contributed by atoms with Crippen LogP contribution >= 0.6 is 0 Å². The van der Waals surface area contributed by atoms with Crippen LogP contribution in [0.2, 0.25) is 0 Å². The molecule has 5 nitrogen and oxygen atoms in total. The van der Waals surface area contributed by atoms with Crippen LogP contribution in [-0.2, 0) is 0 Å². The number of nitrogens with zero attached hydrogens (tertiary/aromatic N) is 1. The first-order chi connectivity index (χ1) is 9.56. The Morgan fingerprint density at radius 1 is 1.15 bits per heavy atom. The van der Waals surface area contributed by atoms with Crippen LogP contribution in [0.25, 0.3) is 0 Å². The molecule has 0 heterocycles. The number of hydrogen-bond acceptors (Lipinski definition) is 4. The summed E-state index contributed by atoms with van der Waals surface area (Å²) in [6, 6.07) is 11.5. The standard InChI is InChI=1S/C14H13FN2O3/c15-11-3-5-12(6-4-11)16-9-14(18)10-1-7-13(8-2-10)17(19)20/h1-8,14,16,18H,9H2. The Labute approximate surface area is 114 Å². The second-order valence-corrected chi connectivity index (χ2v) is 4.25. The summed E-state index contributed by atoms with van der Waals surface area (Å²) >= 11 is 0. The number of anilines is 1. The molecule has 0 saturated carbocycles. The van der Waals surface area contributed by atoms with Crippen molar-refractivity contribution >= 4 is 11.4 Å². The minimum atomic E-state index is -0.805. The molecule has 0 spiro atoms. The number of rotatable bonds is 5. The molecule has 6 heteroatoms. The predicted molar refractivity (Wildman–Crippen MR) is 72.9 cm³/mol. The highest BCUT2D eigenvalue weighted by Gasteiger charge is 2.10. The van der Waals surface area contributed by atoms with E-state index in [9.17, 15) is 19.6 Å². The van der Waals surface area contributed by atoms with Gasteiger partial charge in [0, 0.05) is 24.4 Å². The van der Waals surface area contributed by atoms with E-state index >= 15 is 0 Å². The van der Waals surface area contributed by atoms with E-state index in [4.69, 9.17) is 0 Å². The van der Waals surface area contributed by atoms with E-state index in [1.165, 1.54) is 36.4 Å². The summed E-state index contributed by atoms with van der Waals surface area (Å²) in [5.74, 6) is -0.327. The zero-order valence-corrected chi connectivity index (χ0v) is 10.5. The molecule has 0 aliphatic heterocycles. The number of nitrogens with one attached hydrogen (secondary N) is 1. The minimum Gasteiger partial charge on any atom is -0.387 e. The van der Waals surface area contributed by atoms with Crippen LogP contribution < -0.4 is 5.32 Å². The van der Waals surface area contributed by atoms with Crippen LogP contribution in [0.3, 0.4) is 0 Å². The van der Waals surface area contributed by atoms with Crippen molar-refractivity contribution in [3.8, 4) is 0 Å².